The standard InChI is InChI=1S/C21H23N9O2/c1-23-21(31)18-15(9-17(27-28-18)26-16(10-22)12-7-8-12)25-14-6-4-5-13(19(14)32-3)20-24-11-30(2)29-20/h4-6,9,11-12,16H,7-8H2,1-3H3,(H,23,31)(H2,25,26,27)/t16-/m0/s1/i1D3. The minimum atomic E-state index is -2.72. The Hall–Kier alpha value is -4.20. The van der Waals surface area contributed by atoms with E-state index in [-0.39, 0.29) is 23.1 Å². The van der Waals surface area contributed by atoms with Crippen LogP contribution in [0.4, 0.5) is 17.2 Å². The first-order chi connectivity index (χ1) is 16.7. The zero-order valence-corrected chi connectivity index (χ0v) is 17.5. The van der Waals surface area contributed by atoms with Gasteiger partial charge in [-0.15, -0.1) is 10.2 Å². The van der Waals surface area contributed by atoms with Gasteiger partial charge in [-0.3, -0.25) is 9.48 Å². The van der Waals surface area contributed by atoms with Gasteiger partial charge < -0.3 is 20.7 Å². The second-order valence-corrected chi connectivity index (χ2v) is 7.29. The molecular weight excluding hydrogens is 410 g/mol. The van der Waals surface area contributed by atoms with Gasteiger partial charge in [0.1, 0.15) is 12.4 Å². The number of benzene rings is 1. The SMILES string of the molecule is [2H]C([2H])([2H])NC(=O)c1nnc(N[C@@H](C#N)C2CC2)cc1Nc1cccc(-c2ncn(C)n2)c1OC. The van der Waals surface area contributed by atoms with Crippen LogP contribution < -0.4 is 20.7 Å². The molecule has 3 aromatic rings. The fraction of sp³-hybridized carbons (Fsp3) is 0.333. The fourth-order valence-corrected chi connectivity index (χ4v) is 3.27. The Balaban J connectivity index is 1.73. The van der Waals surface area contributed by atoms with Crippen LogP contribution in [0.2, 0.25) is 0 Å². The van der Waals surface area contributed by atoms with Gasteiger partial charge >= 0.3 is 0 Å². The molecule has 1 atom stereocenters. The highest BCUT2D eigenvalue weighted by Crippen LogP contribution is 2.37. The maximum absolute atomic E-state index is 12.7. The van der Waals surface area contributed by atoms with Crippen molar-refractivity contribution in [3.05, 3.63) is 36.3 Å². The van der Waals surface area contributed by atoms with Crippen molar-refractivity contribution in [2.75, 3.05) is 24.7 Å². The summed E-state index contributed by atoms with van der Waals surface area (Å²) >= 11 is 0. The first kappa shape index (κ1) is 17.5. The molecule has 0 saturated heterocycles. The summed E-state index contributed by atoms with van der Waals surface area (Å²) in [6.45, 7) is -2.72. The maximum Gasteiger partial charge on any atom is 0.273 e. The number of carbonyl (C=O) groups excluding carboxylic acids is 1. The van der Waals surface area contributed by atoms with E-state index in [0.717, 1.165) is 12.8 Å². The summed E-state index contributed by atoms with van der Waals surface area (Å²) < 4.78 is 29.2. The molecular formula is C21H23N9O2. The largest absolute Gasteiger partial charge is 0.494 e. The predicted molar refractivity (Wildman–Crippen MR) is 117 cm³/mol. The third kappa shape index (κ3) is 4.29. The Morgan fingerprint density at radius 2 is 2.22 bits per heavy atom. The van der Waals surface area contributed by atoms with Crippen LogP contribution in [0.1, 0.15) is 27.4 Å². The van der Waals surface area contributed by atoms with E-state index in [1.807, 2.05) is 5.32 Å². The van der Waals surface area contributed by atoms with E-state index in [2.05, 4.69) is 37.0 Å². The van der Waals surface area contributed by atoms with Crippen LogP contribution in [-0.4, -0.2) is 51.0 Å². The summed E-state index contributed by atoms with van der Waals surface area (Å²) in [6.07, 6.45) is 3.44. The Morgan fingerprint density at radius 1 is 1.38 bits per heavy atom. The third-order valence-electron chi connectivity index (χ3n) is 4.99. The van der Waals surface area contributed by atoms with Gasteiger partial charge in [-0.25, -0.2) is 4.98 Å². The lowest BCUT2D eigenvalue weighted by molar-refractivity contribution is 0.0958. The molecule has 11 nitrogen and oxygen atoms in total. The van der Waals surface area contributed by atoms with Gasteiger partial charge in [0.15, 0.2) is 23.1 Å². The number of hydrogen-bond acceptors (Lipinski definition) is 9. The fourth-order valence-electron chi connectivity index (χ4n) is 3.27. The molecule has 2 aromatic heterocycles. The van der Waals surface area contributed by atoms with Crippen molar-refractivity contribution in [3.8, 4) is 23.2 Å². The highest BCUT2D eigenvalue weighted by molar-refractivity contribution is 5.98. The molecule has 11 heteroatoms. The summed E-state index contributed by atoms with van der Waals surface area (Å²) in [5, 5.41) is 29.7. The van der Waals surface area contributed by atoms with E-state index in [0.29, 0.717) is 22.8 Å². The molecule has 0 aliphatic heterocycles. The van der Waals surface area contributed by atoms with Crippen molar-refractivity contribution in [1.29, 1.82) is 5.26 Å². The molecule has 1 aliphatic carbocycles. The molecule has 32 heavy (non-hydrogen) atoms. The molecule has 1 saturated carbocycles. The lowest BCUT2D eigenvalue weighted by Gasteiger charge is -2.17. The average Bonchev–Trinajstić information content (AvgIpc) is 3.56. The van der Waals surface area contributed by atoms with Crippen molar-refractivity contribution < 1.29 is 13.6 Å². The number of anilines is 3. The number of ether oxygens (including phenoxy) is 1. The molecule has 3 N–H and O–H groups in total. The molecule has 1 fully saturated rings. The molecule has 0 radical (unpaired) electrons. The molecule has 1 aliphatic rings. The van der Waals surface area contributed by atoms with Crippen molar-refractivity contribution in [1.82, 2.24) is 30.3 Å². The summed E-state index contributed by atoms with van der Waals surface area (Å²) in [7, 11) is 3.23. The Labute approximate surface area is 189 Å². The zero-order valence-electron chi connectivity index (χ0n) is 20.5. The number of para-hydroxylation sites is 1. The van der Waals surface area contributed by atoms with E-state index in [4.69, 9.17) is 8.85 Å². The maximum atomic E-state index is 12.7. The first-order valence-corrected chi connectivity index (χ1v) is 9.85. The average molecular weight is 436 g/mol. The van der Waals surface area contributed by atoms with Crippen LogP contribution in [0.25, 0.3) is 11.4 Å². The minimum absolute atomic E-state index is 0.168. The number of amides is 1. The lowest BCUT2D eigenvalue weighted by Crippen LogP contribution is -2.24. The number of nitrogens with one attached hydrogen (secondary N) is 3. The number of methoxy groups -OCH3 is 1. The van der Waals surface area contributed by atoms with E-state index < -0.39 is 18.9 Å². The number of carbonyl (C=O) groups is 1. The number of aryl methyl sites for hydroxylation is 1. The zero-order chi connectivity index (χ0) is 25.2. The molecule has 164 valence electrons. The second kappa shape index (κ2) is 8.89. The normalized spacial score (nSPS) is 15.5. The van der Waals surface area contributed by atoms with E-state index in [1.54, 1.807) is 36.3 Å². The van der Waals surface area contributed by atoms with Gasteiger partial charge in [-0.2, -0.15) is 10.4 Å². The smallest absolute Gasteiger partial charge is 0.273 e. The van der Waals surface area contributed by atoms with Crippen molar-refractivity contribution in [2.45, 2.75) is 18.9 Å². The Bertz CT molecular complexity index is 1280. The van der Waals surface area contributed by atoms with Crippen LogP contribution >= 0.6 is 0 Å². The van der Waals surface area contributed by atoms with Gasteiger partial charge in [0.2, 0.25) is 0 Å². The molecule has 1 aromatic carbocycles. The summed E-state index contributed by atoms with van der Waals surface area (Å²) in [6, 6.07) is 8.51. The molecule has 4 rings (SSSR count). The summed E-state index contributed by atoms with van der Waals surface area (Å²) in [5.74, 6) is 0.384. The van der Waals surface area contributed by atoms with Crippen LogP contribution in [0, 0.1) is 17.2 Å². The van der Waals surface area contributed by atoms with Gasteiger partial charge in [-0.1, -0.05) is 6.07 Å². The quantitative estimate of drug-likeness (QED) is 0.483. The van der Waals surface area contributed by atoms with E-state index in [1.165, 1.54) is 13.2 Å². The molecule has 0 bridgehead atoms. The molecule has 2 heterocycles. The predicted octanol–water partition coefficient (Wildman–Crippen LogP) is 2.10. The number of nitriles is 1. The summed E-state index contributed by atoms with van der Waals surface area (Å²) in [5.41, 5.74) is 0.986. The molecule has 0 spiro atoms. The van der Waals surface area contributed by atoms with Crippen molar-refractivity contribution in [3.63, 3.8) is 0 Å². The number of nitrogens with zero attached hydrogens (tertiary/aromatic N) is 6. The topological polar surface area (TPSA) is 143 Å². The minimum Gasteiger partial charge on any atom is -0.494 e. The Kier molecular flexibility index (Phi) is 4.85. The van der Waals surface area contributed by atoms with Crippen LogP contribution in [-0.2, 0) is 7.05 Å². The first-order valence-electron chi connectivity index (χ1n) is 11.3. The van der Waals surface area contributed by atoms with E-state index >= 15 is 0 Å². The van der Waals surface area contributed by atoms with Crippen molar-refractivity contribution in [2.24, 2.45) is 13.0 Å². The monoisotopic (exact) mass is 436 g/mol. The third-order valence-corrected chi connectivity index (χ3v) is 4.99. The van der Waals surface area contributed by atoms with Gasteiger partial charge in [0.25, 0.3) is 5.91 Å². The lowest BCUT2D eigenvalue weighted by atomic mass is 10.1. The van der Waals surface area contributed by atoms with Crippen LogP contribution in [0.5, 0.6) is 5.75 Å². The Morgan fingerprint density at radius 3 is 2.88 bits per heavy atom. The van der Waals surface area contributed by atoms with Gasteiger partial charge in [0.05, 0.1) is 30.1 Å². The van der Waals surface area contributed by atoms with Gasteiger partial charge in [0, 0.05) is 24.2 Å². The molecule has 0 unspecified atom stereocenters. The number of aromatic nitrogens is 5. The van der Waals surface area contributed by atoms with Gasteiger partial charge in [-0.05, 0) is 30.9 Å². The second-order valence-electron chi connectivity index (χ2n) is 7.29. The highest BCUT2D eigenvalue weighted by atomic mass is 16.5. The van der Waals surface area contributed by atoms with E-state index in [9.17, 15) is 10.1 Å². The van der Waals surface area contributed by atoms with Crippen LogP contribution in [0.3, 0.4) is 0 Å². The number of rotatable bonds is 8. The summed E-state index contributed by atoms with van der Waals surface area (Å²) in [4.78, 5) is 16.9. The molecule has 1 amide bonds. The highest BCUT2D eigenvalue weighted by Gasteiger charge is 2.31. The number of hydrogen-bond donors (Lipinski definition) is 3. The van der Waals surface area contributed by atoms with Crippen molar-refractivity contribution >= 4 is 23.1 Å². The van der Waals surface area contributed by atoms with Crippen LogP contribution in [0.15, 0.2) is 30.6 Å².